The molecule has 0 radical (unpaired) electrons. The standard InChI is InChI=1S/C21H20N4OS/c1-26-18-7-3-6-16(9-18)20-10-19(25-21(22)27-20)15-5-2-4-14(8-15)17-11-23-13-24-12-17/h2-9,11-13,19-20H,10H2,1H3,(H2,22,25)/t19-,20-/m0/s1. The first-order valence-corrected chi connectivity index (χ1v) is 9.60. The van der Waals surface area contributed by atoms with Gasteiger partial charge in [-0.2, -0.15) is 0 Å². The van der Waals surface area contributed by atoms with E-state index in [4.69, 9.17) is 15.5 Å². The fourth-order valence-electron chi connectivity index (χ4n) is 3.26. The molecule has 0 bridgehead atoms. The highest BCUT2D eigenvalue weighted by atomic mass is 32.2. The van der Waals surface area contributed by atoms with Crippen molar-refractivity contribution in [1.82, 2.24) is 9.97 Å². The summed E-state index contributed by atoms with van der Waals surface area (Å²) in [6.07, 6.45) is 6.06. The van der Waals surface area contributed by atoms with Crippen LogP contribution in [0, 0.1) is 0 Å². The summed E-state index contributed by atoms with van der Waals surface area (Å²) in [5, 5.41) is 0.860. The summed E-state index contributed by atoms with van der Waals surface area (Å²) in [7, 11) is 1.69. The van der Waals surface area contributed by atoms with Gasteiger partial charge in [0.05, 0.1) is 13.2 Å². The van der Waals surface area contributed by atoms with Crippen molar-refractivity contribution < 1.29 is 4.74 Å². The Balaban J connectivity index is 1.63. The summed E-state index contributed by atoms with van der Waals surface area (Å²) in [5.74, 6) is 0.858. The molecule has 2 atom stereocenters. The van der Waals surface area contributed by atoms with Crippen LogP contribution in [0.4, 0.5) is 0 Å². The van der Waals surface area contributed by atoms with E-state index >= 15 is 0 Å². The summed E-state index contributed by atoms with van der Waals surface area (Å²) >= 11 is 1.61. The second kappa shape index (κ2) is 7.80. The second-order valence-electron chi connectivity index (χ2n) is 6.35. The SMILES string of the molecule is COc1cccc([C@@H]2C[C@@H](c3cccc(-c4cncnc4)c3)N=C(N)S2)c1. The lowest BCUT2D eigenvalue weighted by Crippen LogP contribution is -2.18. The molecule has 0 saturated heterocycles. The molecule has 0 fully saturated rings. The van der Waals surface area contributed by atoms with Crippen molar-refractivity contribution in [3.63, 3.8) is 0 Å². The molecule has 4 rings (SSSR count). The lowest BCUT2D eigenvalue weighted by atomic mass is 9.96. The van der Waals surface area contributed by atoms with Gasteiger partial charge >= 0.3 is 0 Å². The van der Waals surface area contributed by atoms with Crippen LogP contribution in [0.3, 0.4) is 0 Å². The van der Waals surface area contributed by atoms with Gasteiger partial charge in [0.2, 0.25) is 0 Å². The highest BCUT2D eigenvalue weighted by molar-refractivity contribution is 8.14. The van der Waals surface area contributed by atoms with Crippen molar-refractivity contribution in [3.8, 4) is 16.9 Å². The van der Waals surface area contributed by atoms with Crippen molar-refractivity contribution >= 4 is 16.9 Å². The second-order valence-corrected chi connectivity index (χ2v) is 7.58. The molecular formula is C21H20N4OS. The summed E-state index contributed by atoms with van der Waals surface area (Å²) in [6, 6.07) is 16.6. The summed E-state index contributed by atoms with van der Waals surface area (Å²) in [6.45, 7) is 0. The van der Waals surface area contributed by atoms with Gasteiger partial charge in [0.25, 0.3) is 0 Å². The number of benzene rings is 2. The first-order valence-electron chi connectivity index (χ1n) is 8.72. The number of hydrogen-bond donors (Lipinski definition) is 1. The Morgan fingerprint density at radius 1 is 1.00 bits per heavy atom. The minimum absolute atomic E-state index is 0.0204. The van der Waals surface area contributed by atoms with Crippen LogP contribution in [-0.4, -0.2) is 22.2 Å². The van der Waals surface area contributed by atoms with E-state index in [0.717, 1.165) is 28.9 Å². The van der Waals surface area contributed by atoms with Gasteiger partial charge in [0.15, 0.2) is 5.17 Å². The molecule has 2 heterocycles. The van der Waals surface area contributed by atoms with E-state index in [9.17, 15) is 0 Å². The van der Waals surface area contributed by atoms with Crippen LogP contribution in [0.5, 0.6) is 5.75 Å². The van der Waals surface area contributed by atoms with Gasteiger partial charge in [-0.25, -0.2) is 9.97 Å². The van der Waals surface area contributed by atoms with Crippen LogP contribution in [0.25, 0.3) is 11.1 Å². The maximum Gasteiger partial charge on any atom is 0.155 e. The number of ether oxygens (including phenoxy) is 1. The summed E-state index contributed by atoms with van der Waals surface area (Å²) in [5.41, 5.74) is 10.6. The van der Waals surface area contributed by atoms with Gasteiger partial charge in [-0.15, -0.1) is 0 Å². The molecule has 2 aromatic carbocycles. The smallest absolute Gasteiger partial charge is 0.155 e. The average Bonchev–Trinajstić information content (AvgIpc) is 2.74. The normalized spacial score (nSPS) is 19.4. The quantitative estimate of drug-likeness (QED) is 0.731. The van der Waals surface area contributed by atoms with Crippen LogP contribution < -0.4 is 10.5 Å². The molecule has 3 aromatic rings. The zero-order chi connectivity index (χ0) is 18.6. The molecule has 1 aliphatic rings. The minimum Gasteiger partial charge on any atom is -0.497 e. The van der Waals surface area contributed by atoms with Crippen LogP contribution in [-0.2, 0) is 0 Å². The molecular weight excluding hydrogens is 356 g/mol. The molecule has 0 spiro atoms. The molecule has 0 saturated carbocycles. The van der Waals surface area contributed by atoms with Gasteiger partial charge in [0.1, 0.15) is 12.1 Å². The third kappa shape index (κ3) is 3.95. The van der Waals surface area contributed by atoms with E-state index < -0.39 is 0 Å². The first-order chi connectivity index (χ1) is 13.2. The van der Waals surface area contributed by atoms with Crippen LogP contribution >= 0.6 is 11.8 Å². The van der Waals surface area contributed by atoms with Gasteiger partial charge < -0.3 is 10.5 Å². The Kier molecular flexibility index (Phi) is 5.07. The van der Waals surface area contributed by atoms with Crippen LogP contribution in [0.15, 0.2) is 72.2 Å². The topological polar surface area (TPSA) is 73.4 Å². The zero-order valence-electron chi connectivity index (χ0n) is 14.9. The van der Waals surface area contributed by atoms with E-state index in [2.05, 4.69) is 40.3 Å². The lowest BCUT2D eigenvalue weighted by molar-refractivity contribution is 0.414. The Hall–Kier alpha value is -2.86. The van der Waals surface area contributed by atoms with E-state index in [1.807, 2.05) is 30.6 Å². The predicted molar refractivity (Wildman–Crippen MR) is 110 cm³/mol. The van der Waals surface area contributed by atoms with Crippen LogP contribution in [0.1, 0.15) is 28.8 Å². The monoisotopic (exact) mass is 376 g/mol. The fraction of sp³-hybridized carbons (Fsp3) is 0.190. The number of nitrogens with zero attached hydrogens (tertiary/aromatic N) is 3. The third-order valence-electron chi connectivity index (χ3n) is 4.61. The highest BCUT2D eigenvalue weighted by Gasteiger charge is 2.26. The van der Waals surface area contributed by atoms with E-state index in [1.54, 1.807) is 18.9 Å². The number of aromatic nitrogens is 2. The highest BCUT2D eigenvalue weighted by Crippen LogP contribution is 2.43. The number of amidine groups is 1. The maximum atomic E-state index is 6.17. The first kappa shape index (κ1) is 17.5. The van der Waals surface area contributed by atoms with Crippen molar-refractivity contribution in [1.29, 1.82) is 0 Å². The molecule has 0 aliphatic carbocycles. The number of thioether (sulfide) groups is 1. The summed E-state index contributed by atoms with van der Waals surface area (Å²) in [4.78, 5) is 12.9. The van der Waals surface area contributed by atoms with Crippen molar-refractivity contribution in [2.45, 2.75) is 17.7 Å². The van der Waals surface area contributed by atoms with E-state index in [1.165, 1.54) is 11.9 Å². The molecule has 136 valence electrons. The Bertz CT molecular complexity index is 961. The molecule has 1 aromatic heterocycles. The molecule has 5 nitrogen and oxygen atoms in total. The maximum absolute atomic E-state index is 6.17. The Labute approximate surface area is 162 Å². The van der Waals surface area contributed by atoms with Gasteiger partial charge in [-0.1, -0.05) is 42.1 Å². The number of nitrogens with two attached hydrogens (primary N) is 1. The number of methoxy groups -OCH3 is 1. The van der Waals surface area contributed by atoms with E-state index in [0.29, 0.717) is 5.17 Å². The summed E-state index contributed by atoms with van der Waals surface area (Å²) < 4.78 is 5.37. The van der Waals surface area contributed by atoms with Gasteiger partial charge in [0, 0.05) is 23.2 Å². The van der Waals surface area contributed by atoms with Crippen LogP contribution in [0.2, 0.25) is 0 Å². The van der Waals surface area contributed by atoms with E-state index in [-0.39, 0.29) is 11.3 Å². The molecule has 0 amide bonds. The largest absolute Gasteiger partial charge is 0.497 e. The molecule has 1 aliphatic heterocycles. The Morgan fingerprint density at radius 3 is 2.59 bits per heavy atom. The zero-order valence-corrected chi connectivity index (χ0v) is 15.8. The van der Waals surface area contributed by atoms with Gasteiger partial charge in [-0.05, 0) is 41.3 Å². The van der Waals surface area contributed by atoms with Crippen molar-refractivity contribution in [2.75, 3.05) is 7.11 Å². The molecule has 2 N–H and O–H groups in total. The number of hydrogen-bond acceptors (Lipinski definition) is 6. The van der Waals surface area contributed by atoms with Crippen molar-refractivity contribution in [3.05, 3.63) is 78.4 Å². The van der Waals surface area contributed by atoms with Crippen molar-refractivity contribution in [2.24, 2.45) is 10.7 Å². The lowest BCUT2D eigenvalue weighted by Gasteiger charge is -2.27. The van der Waals surface area contributed by atoms with Gasteiger partial charge in [-0.3, -0.25) is 4.99 Å². The molecule has 27 heavy (non-hydrogen) atoms. The average molecular weight is 376 g/mol. The molecule has 0 unspecified atom stereocenters. The fourth-order valence-corrected chi connectivity index (χ4v) is 4.30. The Morgan fingerprint density at radius 2 is 1.78 bits per heavy atom. The minimum atomic E-state index is 0.0204. The third-order valence-corrected chi connectivity index (χ3v) is 5.71. The number of rotatable bonds is 4. The number of aliphatic imine (C=N–C) groups is 1. The predicted octanol–water partition coefficient (Wildman–Crippen LogP) is 4.39. The molecule has 6 heteroatoms.